The van der Waals surface area contributed by atoms with Crippen molar-refractivity contribution >= 4 is 11.8 Å². The second-order valence-corrected chi connectivity index (χ2v) is 10.0. The summed E-state index contributed by atoms with van der Waals surface area (Å²) >= 11 is 0. The van der Waals surface area contributed by atoms with Crippen molar-refractivity contribution in [2.45, 2.75) is 51.6 Å². The minimum absolute atomic E-state index is 0.0394. The summed E-state index contributed by atoms with van der Waals surface area (Å²) in [6, 6.07) is 7.60. The van der Waals surface area contributed by atoms with Crippen molar-refractivity contribution < 1.29 is 18.8 Å². The fraction of sp³-hybridized carbons (Fsp3) is 0.600. The van der Waals surface area contributed by atoms with E-state index in [0.29, 0.717) is 24.2 Å². The van der Waals surface area contributed by atoms with Gasteiger partial charge in [0.1, 0.15) is 5.75 Å². The van der Waals surface area contributed by atoms with Crippen LogP contribution in [0.1, 0.15) is 55.4 Å². The molecular formula is C25H33N5O4. The third-order valence-corrected chi connectivity index (χ3v) is 7.47. The number of hydrogen-bond donors (Lipinski definition) is 1. The van der Waals surface area contributed by atoms with E-state index in [1.807, 2.05) is 36.1 Å². The third-order valence-electron chi connectivity index (χ3n) is 7.47. The Balaban J connectivity index is 1.23. The molecule has 0 radical (unpaired) electrons. The summed E-state index contributed by atoms with van der Waals surface area (Å²) in [5.41, 5.74) is 1.04. The van der Waals surface area contributed by atoms with Crippen molar-refractivity contribution in [3.05, 3.63) is 41.5 Å². The zero-order chi connectivity index (χ0) is 23.7. The summed E-state index contributed by atoms with van der Waals surface area (Å²) in [6.07, 6.45) is 4.83. The van der Waals surface area contributed by atoms with Crippen LogP contribution in [0.3, 0.4) is 0 Å². The van der Waals surface area contributed by atoms with E-state index in [1.165, 1.54) is 0 Å². The summed E-state index contributed by atoms with van der Waals surface area (Å²) in [6.45, 7) is 4.89. The van der Waals surface area contributed by atoms with Crippen molar-refractivity contribution in [3.63, 3.8) is 0 Å². The first kappa shape index (κ1) is 22.8. The number of piperidine rings is 1. The molecule has 3 fully saturated rings. The highest BCUT2D eigenvalue weighted by atomic mass is 16.5. The minimum Gasteiger partial charge on any atom is -0.497 e. The van der Waals surface area contributed by atoms with Gasteiger partial charge < -0.3 is 19.5 Å². The summed E-state index contributed by atoms with van der Waals surface area (Å²) in [7, 11) is 1.63. The molecule has 2 aliphatic heterocycles. The molecule has 0 bridgehead atoms. The maximum absolute atomic E-state index is 12.9. The van der Waals surface area contributed by atoms with Gasteiger partial charge in [-0.1, -0.05) is 17.3 Å². The summed E-state index contributed by atoms with van der Waals surface area (Å²) in [5, 5.41) is 7.02. The fourth-order valence-electron chi connectivity index (χ4n) is 5.38. The summed E-state index contributed by atoms with van der Waals surface area (Å²) in [4.78, 5) is 34.1. The molecule has 2 amide bonds. The quantitative estimate of drug-likeness (QED) is 0.668. The highest BCUT2D eigenvalue weighted by molar-refractivity contribution is 5.81. The molecule has 1 aromatic carbocycles. The van der Waals surface area contributed by atoms with Crippen LogP contribution in [0.25, 0.3) is 0 Å². The minimum atomic E-state index is -0.0885. The van der Waals surface area contributed by atoms with Gasteiger partial charge in [0.25, 0.3) is 0 Å². The van der Waals surface area contributed by atoms with Gasteiger partial charge in [-0.25, -0.2) is 0 Å². The lowest BCUT2D eigenvalue weighted by atomic mass is 9.76. The topological polar surface area (TPSA) is 101 Å². The fourth-order valence-corrected chi connectivity index (χ4v) is 5.38. The number of hydrogen-bond acceptors (Lipinski definition) is 7. The summed E-state index contributed by atoms with van der Waals surface area (Å²) < 4.78 is 10.8. The zero-order valence-corrected chi connectivity index (χ0v) is 20.0. The molecule has 1 unspecified atom stereocenters. The average molecular weight is 468 g/mol. The van der Waals surface area contributed by atoms with Crippen LogP contribution >= 0.6 is 0 Å². The van der Waals surface area contributed by atoms with E-state index in [-0.39, 0.29) is 29.8 Å². The molecule has 2 aromatic rings. The highest BCUT2D eigenvalue weighted by Crippen LogP contribution is 2.49. The maximum atomic E-state index is 12.9. The molecule has 5 rings (SSSR count). The molecule has 1 spiro atoms. The van der Waals surface area contributed by atoms with Gasteiger partial charge in [0.15, 0.2) is 5.82 Å². The molecule has 182 valence electrons. The normalized spacial score (nSPS) is 22.2. The molecule has 1 saturated carbocycles. The number of likely N-dealkylation sites (tertiary alicyclic amines) is 2. The van der Waals surface area contributed by atoms with Gasteiger partial charge in [0.05, 0.1) is 19.7 Å². The second kappa shape index (κ2) is 9.37. The predicted octanol–water partition coefficient (Wildman–Crippen LogP) is 2.47. The van der Waals surface area contributed by atoms with Crippen LogP contribution in [0, 0.1) is 18.3 Å². The van der Waals surface area contributed by atoms with Crippen LogP contribution in [0.15, 0.2) is 28.8 Å². The molecule has 9 heteroatoms. The second-order valence-electron chi connectivity index (χ2n) is 10.0. The van der Waals surface area contributed by atoms with Gasteiger partial charge in [-0.05, 0) is 62.1 Å². The van der Waals surface area contributed by atoms with Gasteiger partial charge in [-0.3, -0.25) is 14.5 Å². The van der Waals surface area contributed by atoms with Crippen LogP contribution in [-0.4, -0.2) is 65.0 Å². The van der Waals surface area contributed by atoms with Gasteiger partial charge in [0.2, 0.25) is 17.7 Å². The number of carbonyl (C=O) groups is 2. The van der Waals surface area contributed by atoms with Crippen LogP contribution in [0.2, 0.25) is 0 Å². The first-order valence-corrected chi connectivity index (χ1v) is 12.2. The van der Waals surface area contributed by atoms with Gasteiger partial charge >= 0.3 is 0 Å². The number of carbonyl (C=O) groups excluding carboxylic acids is 2. The lowest BCUT2D eigenvalue weighted by Crippen LogP contribution is -2.45. The Hall–Kier alpha value is -2.94. The highest BCUT2D eigenvalue weighted by Gasteiger charge is 2.49. The molecule has 1 N–H and O–H groups in total. The number of rotatable bonds is 7. The lowest BCUT2D eigenvalue weighted by molar-refractivity contribution is -0.134. The van der Waals surface area contributed by atoms with Gasteiger partial charge in [-0.15, -0.1) is 0 Å². The Labute approximate surface area is 199 Å². The smallest absolute Gasteiger partial charge is 0.244 e. The van der Waals surface area contributed by atoms with E-state index in [0.717, 1.165) is 63.1 Å². The van der Waals surface area contributed by atoms with E-state index in [2.05, 4.69) is 20.4 Å². The Morgan fingerprint density at radius 2 is 2.06 bits per heavy atom. The van der Waals surface area contributed by atoms with Gasteiger partial charge in [-0.2, -0.15) is 4.98 Å². The Morgan fingerprint density at radius 3 is 2.74 bits per heavy atom. The average Bonchev–Trinajstić information content (AvgIpc) is 3.53. The van der Waals surface area contributed by atoms with Crippen LogP contribution in [-0.2, 0) is 16.1 Å². The largest absolute Gasteiger partial charge is 0.497 e. The molecular weight excluding hydrogens is 434 g/mol. The van der Waals surface area contributed by atoms with E-state index < -0.39 is 0 Å². The monoisotopic (exact) mass is 467 g/mol. The molecule has 3 heterocycles. The zero-order valence-electron chi connectivity index (χ0n) is 20.0. The Kier molecular flexibility index (Phi) is 6.29. The molecule has 2 saturated heterocycles. The SMILES string of the molecule is COc1cccc(CNC(=O)CN2CC3(CCN(C(=O)C4CC4)CC3)CC2c2nc(C)no2)c1. The standard InChI is InChI=1S/C25H33N5O4/c1-17-27-23(34-28-17)21-13-25(8-10-29(11-9-25)24(32)19-6-7-19)16-30(21)15-22(31)26-14-18-4-3-5-20(12-18)33-2/h3-5,12,19,21H,6-11,13-16H2,1-2H3,(H,26,31). The number of methoxy groups -OCH3 is 1. The van der Waals surface area contributed by atoms with E-state index in [9.17, 15) is 9.59 Å². The first-order valence-electron chi connectivity index (χ1n) is 12.2. The van der Waals surface area contributed by atoms with Crippen molar-refractivity contribution in [2.75, 3.05) is 33.3 Å². The maximum Gasteiger partial charge on any atom is 0.244 e. The van der Waals surface area contributed by atoms with E-state index in [4.69, 9.17) is 9.26 Å². The summed E-state index contributed by atoms with van der Waals surface area (Å²) in [5.74, 6) is 2.49. The third kappa shape index (κ3) is 4.94. The first-order chi connectivity index (χ1) is 16.4. The van der Waals surface area contributed by atoms with Crippen LogP contribution in [0.4, 0.5) is 0 Å². The number of aromatic nitrogens is 2. The number of ether oxygens (including phenoxy) is 1. The van der Waals surface area contributed by atoms with E-state index in [1.54, 1.807) is 7.11 Å². The van der Waals surface area contributed by atoms with E-state index >= 15 is 0 Å². The molecule has 1 atom stereocenters. The van der Waals surface area contributed by atoms with Crippen molar-refractivity contribution in [1.29, 1.82) is 0 Å². The molecule has 9 nitrogen and oxygen atoms in total. The van der Waals surface area contributed by atoms with Crippen molar-refractivity contribution in [3.8, 4) is 5.75 Å². The number of nitrogens with zero attached hydrogens (tertiary/aromatic N) is 4. The Morgan fingerprint density at radius 1 is 1.26 bits per heavy atom. The molecule has 34 heavy (non-hydrogen) atoms. The molecule has 1 aromatic heterocycles. The van der Waals surface area contributed by atoms with Crippen molar-refractivity contribution in [2.24, 2.45) is 11.3 Å². The lowest BCUT2D eigenvalue weighted by Gasteiger charge is -2.39. The van der Waals surface area contributed by atoms with Crippen LogP contribution < -0.4 is 10.1 Å². The number of aryl methyl sites for hydroxylation is 1. The molecule has 1 aliphatic carbocycles. The predicted molar refractivity (Wildman–Crippen MR) is 124 cm³/mol. The van der Waals surface area contributed by atoms with Crippen LogP contribution in [0.5, 0.6) is 5.75 Å². The molecule has 3 aliphatic rings. The van der Waals surface area contributed by atoms with Crippen molar-refractivity contribution in [1.82, 2.24) is 25.3 Å². The number of nitrogens with one attached hydrogen (secondary N) is 1. The number of amides is 2. The Bertz CT molecular complexity index is 1040. The van der Waals surface area contributed by atoms with Gasteiger partial charge in [0, 0.05) is 32.1 Å². The number of benzene rings is 1.